The lowest BCUT2D eigenvalue weighted by Crippen LogP contribution is -2.30. The Morgan fingerprint density at radius 2 is 0.789 bits per heavy atom. The zero-order valence-corrected chi connectivity index (χ0v) is 24.7. The molecule has 0 aliphatic rings. The van der Waals surface area contributed by atoms with Gasteiger partial charge in [-0.2, -0.15) is 0 Å². The molecule has 11 heteroatoms. The largest absolute Gasteiger partial charge is 0.478 e. The zero-order chi connectivity index (χ0) is 29.5. The summed E-state index contributed by atoms with van der Waals surface area (Å²) >= 11 is 0. The van der Waals surface area contributed by atoms with E-state index in [9.17, 15) is 9.90 Å². The Bertz CT molecular complexity index is 561. The van der Waals surface area contributed by atoms with Crippen molar-refractivity contribution < 1.29 is 53.3 Å². The lowest BCUT2D eigenvalue weighted by Gasteiger charge is -2.22. The standard InChI is InChI=1S/C24H50O9.C3H4O2/c1-17(26)10-27-19(3)12-29-21(5)14-31-23(7)16-33-24(8)15-32-22(6)13-30-20(4)11-28-18(2)9-25;1-2-3(4)5/h17-26H,9-16H2,1-8H3;2H,1H2,(H,4,5). The van der Waals surface area contributed by atoms with Gasteiger partial charge in [0.15, 0.2) is 0 Å². The number of hydrogen-bond acceptors (Lipinski definition) is 10. The fourth-order valence-electron chi connectivity index (χ4n) is 2.44. The lowest BCUT2D eigenvalue weighted by molar-refractivity contribution is -0.131. The molecule has 0 bridgehead atoms. The maximum absolute atomic E-state index is 9.25. The minimum atomic E-state index is -0.981. The van der Waals surface area contributed by atoms with Crippen LogP contribution in [0.2, 0.25) is 0 Å². The fourth-order valence-corrected chi connectivity index (χ4v) is 2.44. The van der Waals surface area contributed by atoms with E-state index in [4.69, 9.17) is 43.4 Å². The summed E-state index contributed by atoms with van der Waals surface area (Å²) in [5, 5.41) is 25.8. The third-order valence-corrected chi connectivity index (χ3v) is 4.75. The summed E-state index contributed by atoms with van der Waals surface area (Å²) in [6, 6.07) is 0. The van der Waals surface area contributed by atoms with Crippen molar-refractivity contribution in [1.29, 1.82) is 0 Å². The van der Waals surface area contributed by atoms with E-state index >= 15 is 0 Å². The molecule has 11 nitrogen and oxygen atoms in total. The number of carboxylic acid groups (broad SMARTS) is 1. The van der Waals surface area contributed by atoms with Crippen molar-refractivity contribution in [1.82, 2.24) is 0 Å². The van der Waals surface area contributed by atoms with E-state index in [0.717, 1.165) is 6.08 Å². The third kappa shape index (κ3) is 27.9. The molecular formula is C27H54O11. The molecule has 0 rings (SSSR count). The van der Waals surface area contributed by atoms with Crippen LogP contribution in [0.15, 0.2) is 12.7 Å². The Labute approximate surface area is 229 Å². The minimum absolute atomic E-state index is 0.000849. The number of aliphatic carboxylic acids is 1. The average molecular weight is 555 g/mol. The summed E-state index contributed by atoms with van der Waals surface area (Å²) in [6.45, 7) is 21.2. The van der Waals surface area contributed by atoms with Crippen molar-refractivity contribution in [3.05, 3.63) is 12.7 Å². The molecule has 38 heavy (non-hydrogen) atoms. The first-order valence-electron chi connectivity index (χ1n) is 13.3. The van der Waals surface area contributed by atoms with Gasteiger partial charge in [0.2, 0.25) is 0 Å². The van der Waals surface area contributed by atoms with Gasteiger partial charge in [-0.3, -0.25) is 0 Å². The Balaban J connectivity index is 0. The third-order valence-electron chi connectivity index (χ3n) is 4.75. The van der Waals surface area contributed by atoms with Gasteiger partial charge in [0.05, 0.1) is 102 Å². The van der Waals surface area contributed by atoms with Gasteiger partial charge in [-0.1, -0.05) is 6.58 Å². The van der Waals surface area contributed by atoms with Crippen LogP contribution in [0.5, 0.6) is 0 Å². The summed E-state index contributed by atoms with van der Waals surface area (Å²) in [5.41, 5.74) is 0. The summed E-state index contributed by atoms with van der Waals surface area (Å²) in [6.07, 6.45) is -0.233. The number of carbonyl (C=O) groups is 1. The van der Waals surface area contributed by atoms with Crippen molar-refractivity contribution in [3.63, 3.8) is 0 Å². The van der Waals surface area contributed by atoms with Crippen LogP contribution < -0.4 is 0 Å². The molecule has 0 aliphatic heterocycles. The molecule has 0 saturated carbocycles. The van der Waals surface area contributed by atoms with E-state index in [-0.39, 0.29) is 49.3 Å². The molecule has 228 valence electrons. The molecule has 0 aromatic heterocycles. The number of aliphatic hydroxyl groups excluding tert-OH is 2. The second kappa shape index (κ2) is 24.9. The number of aliphatic hydroxyl groups is 2. The van der Waals surface area contributed by atoms with Gasteiger partial charge in [-0.05, 0) is 55.4 Å². The highest BCUT2D eigenvalue weighted by atomic mass is 16.6. The van der Waals surface area contributed by atoms with E-state index in [1.807, 2.05) is 48.5 Å². The van der Waals surface area contributed by atoms with Crippen molar-refractivity contribution in [2.24, 2.45) is 0 Å². The van der Waals surface area contributed by atoms with Gasteiger partial charge in [0, 0.05) is 6.08 Å². The minimum Gasteiger partial charge on any atom is -0.478 e. The van der Waals surface area contributed by atoms with Crippen LogP contribution in [-0.4, -0.2) is 123 Å². The van der Waals surface area contributed by atoms with E-state index < -0.39 is 12.1 Å². The average Bonchev–Trinajstić information content (AvgIpc) is 2.88. The maximum atomic E-state index is 9.25. The van der Waals surface area contributed by atoms with Crippen LogP contribution >= 0.6 is 0 Å². The monoisotopic (exact) mass is 554 g/mol. The highest BCUT2D eigenvalue weighted by Crippen LogP contribution is 2.05. The quantitative estimate of drug-likeness (QED) is 0.160. The second-order valence-electron chi connectivity index (χ2n) is 9.58. The van der Waals surface area contributed by atoms with Crippen LogP contribution in [0, 0.1) is 0 Å². The second-order valence-corrected chi connectivity index (χ2v) is 9.58. The molecule has 0 aromatic carbocycles. The van der Waals surface area contributed by atoms with Crippen LogP contribution in [0.1, 0.15) is 55.4 Å². The van der Waals surface area contributed by atoms with Gasteiger partial charge in [-0.15, -0.1) is 0 Å². The molecule has 8 atom stereocenters. The van der Waals surface area contributed by atoms with E-state index in [2.05, 4.69) is 6.58 Å². The van der Waals surface area contributed by atoms with E-state index in [1.165, 1.54) is 0 Å². The highest BCUT2D eigenvalue weighted by Gasteiger charge is 2.14. The Morgan fingerprint density at radius 3 is 0.974 bits per heavy atom. The van der Waals surface area contributed by atoms with Gasteiger partial charge in [0.1, 0.15) is 0 Å². The molecule has 0 aliphatic carbocycles. The first-order chi connectivity index (χ1) is 17.8. The molecule has 3 N–H and O–H groups in total. The predicted octanol–water partition coefficient (Wildman–Crippen LogP) is 2.45. The molecule has 0 fully saturated rings. The predicted molar refractivity (Wildman–Crippen MR) is 144 cm³/mol. The van der Waals surface area contributed by atoms with Crippen molar-refractivity contribution in [3.8, 4) is 0 Å². The van der Waals surface area contributed by atoms with Gasteiger partial charge in [0.25, 0.3) is 0 Å². The molecule has 0 spiro atoms. The summed E-state index contributed by atoms with van der Waals surface area (Å²) in [7, 11) is 0. The van der Waals surface area contributed by atoms with Crippen molar-refractivity contribution in [2.45, 2.75) is 104 Å². The number of rotatable bonds is 23. The van der Waals surface area contributed by atoms with Crippen LogP contribution in [0.3, 0.4) is 0 Å². The van der Waals surface area contributed by atoms with Crippen molar-refractivity contribution >= 4 is 5.97 Å². The Kier molecular flexibility index (Phi) is 25.5. The molecule has 0 aromatic rings. The molecular weight excluding hydrogens is 500 g/mol. The summed E-state index contributed by atoms with van der Waals surface area (Å²) in [5.74, 6) is -0.981. The van der Waals surface area contributed by atoms with Crippen LogP contribution in [0.4, 0.5) is 0 Å². The van der Waals surface area contributed by atoms with Crippen LogP contribution in [-0.2, 0) is 38.0 Å². The smallest absolute Gasteiger partial charge is 0.327 e. The summed E-state index contributed by atoms with van der Waals surface area (Å²) < 4.78 is 39.8. The van der Waals surface area contributed by atoms with Gasteiger partial charge in [-0.25, -0.2) is 4.79 Å². The maximum Gasteiger partial charge on any atom is 0.327 e. The van der Waals surface area contributed by atoms with E-state index in [0.29, 0.717) is 46.2 Å². The molecule has 8 unspecified atom stereocenters. The fraction of sp³-hybridized carbons (Fsp3) is 0.889. The highest BCUT2D eigenvalue weighted by molar-refractivity contribution is 5.78. The first-order valence-corrected chi connectivity index (χ1v) is 13.3. The first kappa shape index (κ1) is 39.0. The lowest BCUT2D eigenvalue weighted by atomic mass is 10.3. The normalized spacial score (nSPS) is 17.7. The molecule has 0 amide bonds. The SMILES string of the molecule is C=CC(=O)O.CC(O)COC(C)COC(C)COC(C)COC(C)COC(C)COC(C)COC(C)CO. The topological polar surface area (TPSA) is 142 Å². The van der Waals surface area contributed by atoms with Crippen LogP contribution in [0.25, 0.3) is 0 Å². The van der Waals surface area contributed by atoms with Gasteiger partial charge < -0.3 is 48.5 Å². The number of carboxylic acids is 1. The summed E-state index contributed by atoms with van der Waals surface area (Å²) in [4.78, 5) is 9.25. The molecule has 0 radical (unpaired) electrons. The Hall–Kier alpha value is -1.15. The Morgan fingerprint density at radius 1 is 0.579 bits per heavy atom. The van der Waals surface area contributed by atoms with E-state index in [1.54, 1.807) is 6.92 Å². The van der Waals surface area contributed by atoms with Crippen molar-refractivity contribution in [2.75, 3.05) is 52.9 Å². The zero-order valence-electron chi connectivity index (χ0n) is 24.7. The van der Waals surface area contributed by atoms with Gasteiger partial charge >= 0.3 is 5.97 Å². The molecule has 0 saturated heterocycles. The molecule has 0 heterocycles. The number of ether oxygens (including phenoxy) is 7. The number of hydrogen-bond donors (Lipinski definition) is 3.